The fraction of sp³-hybridized carbons (Fsp3) is 0.550. The van der Waals surface area contributed by atoms with Crippen LogP contribution in [0, 0.1) is 5.92 Å². The molecule has 1 saturated heterocycles. The molecule has 2 amide bonds. The Balaban J connectivity index is 2.01. The van der Waals surface area contributed by atoms with Crippen molar-refractivity contribution in [2.75, 3.05) is 19.8 Å². The molecule has 0 spiro atoms. The molecule has 1 heterocycles. The van der Waals surface area contributed by atoms with E-state index in [9.17, 15) is 19.5 Å². The van der Waals surface area contributed by atoms with Crippen LogP contribution in [0.3, 0.4) is 0 Å². The first-order valence-corrected chi connectivity index (χ1v) is 9.29. The van der Waals surface area contributed by atoms with Gasteiger partial charge in [-0.05, 0) is 30.7 Å². The third-order valence-corrected chi connectivity index (χ3v) is 4.86. The molecule has 0 aliphatic carbocycles. The normalized spacial score (nSPS) is 17.1. The molecule has 27 heavy (non-hydrogen) atoms. The number of ether oxygens (including phenoxy) is 1. The molecule has 3 N–H and O–H groups in total. The quantitative estimate of drug-likeness (QED) is 0.637. The largest absolute Gasteiger partial charge is 0.480 e. The van der Waals surface area contributed by atoms with Gasteiger partial charge in [-0.2, -0.15) is 0 Å². The highest BCUT2D eigenvalue weighted by molar-refractivity contribution is 5.92. The van der Waals surface area contributed by atoms with E-state index < -0.39 is 23.3 Å². The summed E-state index contributed by atoms with van der Waals surface area (Å²) in [6.07, 6.45) is 1.41. The summed E-state index contributed by atoms with van der Waals surface area (Å²) in [5.41, 5.74) is 0.165. The highest BCUT2D eigenvalue weighted by Gasteiger charge is 2.41. The third-order valence-electron chi connectivity index (χ3n) is 4.86. The van der Waals surface area contributed by atoms with Gasteiger partial charge in [0.05, 0.1) is 12.0 Å². The number of carbonyl (C=O) groups is 3. The topological polar surface area (TPSA) is 105 Å². The number of carboxylic acid groups (broad SMARTS) is 1. The van der Waals surface area contributed by atoms with Gasteiger partial charge in [0.2, 0.25) is 11.8 Å². The van der Waals surface area contributed by atoms with E-state index in [0.29, 0.717) is 32.5 Å². The molecule has 0 bridgehead atoms. The van der Waals surface area contributed by atoms with E-state index in [0.717, 1.165) is 5.56 Å². The molecule has 2 rings (SSSR count). The highest BCUT2D eigenvalue weighted by Crippen LogP contribution is 2.35. The number of hydrogen-bond acceptors (Lipinski definition) is 4. The second kappa shape index (κ2) is 9.50. The van der Waals surface area contributed by atoms with Crippen molar-refractivity contribution in [1.29, 1.82) is 0 Å². The van der Waals surface area contributed by atoms with Crippen LogP contribution in [0.4, 0.5) is 0 Å². The maximum atomic E-state index is 13.0. The van der Waals surface area contributed by atoms with Crippen molar-refractivity contribution in [2.45, 2.75) is 44.6 Å². The van der Waals surface area contributed by atoms with E-state index in [1.807, 2.05) is 44.2 Å². The van der Waals surface area contributed by atoms with Crippen LogP contribution < -0.4 is 10.6 Å². The lowest BCUT2D eigenvalue weighted by Crippen LogP contribution is -2.51. The number of nitrogens with one attached hydrogen (secondary N) is 2. The summed E-state index contributed by atoms with van der Waals surface area (Å²) in [7, 11) is 0. The van der Waals surface area contributed by atoms with Gasteiger partial charge in [-0.1, -0.05) is 44.2 Å². The van der Waals surface area contributed by atoms with Crippen LogP contribution in [0.15, 0.2) is 30.3 Å². The zero-order chi connectivity index (χ0) is 19.9. The van der Waals surface area contributed by atoms with E-state index in [1.54, 1.807) is 0 Å². The van der Waals surface area contributed by atoms with E-state index in [1.165, 1.54) is 0 Å². The van der Waals surface area contributed by atoms with Crippen LogP contribution in [0.1, 0.15) is 38.7 Å². The first-order valence-electron chi connectivity index (χ1n) is 9.29. The summed E-state index contributed by atoms with van der Waals surface area (Å²) in [5, 5.41) is 14.4. The van der Waals surface area contributed by atoms with Gasteiger partial charge in [-0.3, -0.25) is 9.59 Å². The summed E-state index contributed by atoms with van der Waals surface area (Å²) in [4.78, 5) is 36.4. The zero-order valence-electron chi connectivity index (χ0n) is 15.9. The molecular formula is C20H28N2O5. The van der Waals surface area contributed by atoms with Crippen molar-refractivity contribution < 1.29 is 24.2 Å². The molecule has 1 aromatic carbocycles. The number of aliphatic carboxylic acids is 1. The van der Waals surface area contributed by atoms with E-state index in [2.05, 4.69) is 10.6 Å². The summed E-state index contributed by atoms with van der Waals surface area (Å²) in [6, 6.07) is 8.52. The molecule has 0 aromatic heterocycles. The van der Waals surface area contributed by atoms with E-state index in [4.69, 9.17) is 4.74 Å². The second-order valence-electron chi connectivity index (χ2n) is 7.33. The van der Waals surface area contributed by atoms with Gasteiger partial charge in [0, 0.05) is 13.2 Å². The van der Waals surface area contributed by atoms with Crippen molar-refractivity contribution >= 4 is 17.8 Å². The summed E-state index contributed by atoms with van der Waals surface area (Å²) in [6.45, 7) is 4.47. The standard InChI is InChI=1S/C20H28N2O5/c1-14(2)12-16(18(24)25)22-17(23)13-21-19(26)20(8-10-27-11-9-20)15-6-4-3-5-7-15/h3-7,14,16H,8-13H2,1-2H3,(H,21,26)(H,22,23)(H,24,25)/t16-/m0/s1. The number of carboxylic acids is 1. The average molecular weight is 376 g/mol. The lowest BCUT2D eigenvalue weighted by molar-refractivity contribution is -0.142. The lowest BCUT2D eigenvalue weighted by atomic mass is 9.73. The predicted molar refractivity (Wildman–Crippen MR) is 100 cm³/mol. The Bertz CT molecular complexity index is 654. The van der Waals surface area contributed by atoms with Gasteiger partial charge in [-0.15, -0.1) is 0 Å². The summed E-state index contributed by atoms with van der Waals surface area (Å²) >= 11 is 0. The monoisotopic (exact) mass is 376 g/mol. The first-order chi connectivity index (χ1) is 12.8. The Hall–Kier alpha value is -2.41. The minimum Gasteiger partial charge on any atom is -0.480 e. The molecule has 7 heteroatoms. The Morgan fingerprint density at radius 2 is 1.78 bits per heavy atom. The average Bonchev–Trinajstić information content (AvgIpc) is 2.66. The summed E-state index contributed by atoms with van der Waals surface area (Å²) in [5.74, 6) is -1.69. The van der Waals surface area contributed by atoms with Crippen LogP contribution in [0.5, 0.6) is 0 Å². The number of benzene rings is 1. The van der Waals surface area contributed by atoms with Crippen molar-refractivity contribution in [2.24, 2.45) is 5.92 Å². The fourth-order valence-corrected chi connectivity index (χ4v) is 3.39. The van der Waals surface area contributed by atoms with Gasteiger partial charge in [-0.25, -0.2) is 4.79 Å². The van der Waals surface area contributed by atoms with Crippen LogP contribution >= 0.6 is 0 Å². The second-order valence-corrected chi connectivity index (χ2v) is 7.33. The molecule has 7 nitrogen and oxygen atoms in total. The molecule has 1 aromatic rings. The van der Waals surface area contributed by atoms with Crippen LogP contribution in [-0.4, -0.2) is 48.7 Å². The van der Waals surface area contributed by atoms with Crippen molar-refractivity contribution in [3.8, 4) is 0 Å². The molecule has 0 unspecified atom stereocenters. The van der Waals surface area contributed by atoms with Crippen molar-refractivity contribution in [1.82, 2.24) is 10.6 Å². The Labute approximate surface area is 159 Å². The Morgan fingerprint density at radius 1 is 1.15 bits per heavy atom. The molecule has 1 aliphatic heterocycles. The van der Waals surface area contributed by atoms with Gasteiger partial charge < -0.3 is 20.5 Å². The summed E-state index contributed by atoms with van der Waals surface area (Å²) < 4.78 is 5.41. The van der Waals surface area contributed by atoms with E-state index >= 15 is 0 Å². The Morgan fingerprint density at radius 3 is 2.33 bits per heavy atom. The van der Waals surface area contributed by atoms with Crippen molar-refractivity contribution in [3.63, 3.8) is 0 Å². The van der Waals surface area contributed by atoms with Gasteiger partial charge in [0.25, 0.3) is 0 Å². The molecule has 0 saturated carbocycles. The molecule has 148 valence electrons. The molecule has 1 fully saturated rings. The third kappa shape index (κ3) is 5.53. The minimum absolute atomic E-state index is 0.129. The smallest absolute Gasteiger partial charge is 0.326 e. The zero-order valence-corrected chi connectivity index (χ0v) is 15.9. The maximum Gasteiger partial charge on any atom is 0.326 e. The number of hydrogen-bond donors (Lipinski definition) is 3. The van der Waals surface area contributed by atoms with Crippen LogP contribution in [0.2, 0.25) is 0 Å². The molecule has 0 radical (unpaired) electrons. The molecule has 1 aliphatic rings. The number of carbonyl (C=O) groups excluding carboxylic acids is 2. The van der Waals surface area contributed by atoms with Crippen LogP contribution in [0.25, 0.3) is 0 Å². The van der Waals surface area contributed by atoms with Gasteiger partial charge >= 0.3 is 5.97 Å². The number of rotatable bonds is 8. The molecule has 1 atom stereocenters. The SMILES string of the molecule is CC(C)C[C@H](NC(=O)CNC(=O)C1(c2ccccc2)CCOCC1)C(=O)O. The first kappa shape index (κ1) is 20.9. The highest BCUT2D eigenvalue weighted by atomic mass is 16.5. The Kier molecular flexibility index (Phi) is 7.36. The van der Waals surface area contributed by atoms with Gasteiger partial charge in [0.1, 0.15) is 6.04 Å². The van der Waals surface area contributed by atoms with Crippen LogP contribution in [-0.2, 0) is 24.5 Å². The predicted octanol–water partition coefficient (Wildman–Crippen LogP) is 1.47. The van der Waals surface area contributed by atoms with Crippen molar-refractivity contribution in [3.05, 3.63) is 35.9 Å². The minimum atomic E-state index is -1.08. The fourth-order valence-electron chi connectivity index (χ4n) is 3.39. The number of amides is 2. The van der Waals surface area contributed by atoms with Gasteiger partial charge in [0.15, 0.2) is 0 Å². The van der Waals surface area contributed by atoms with E-state index in [-0.39, 0.29) is 18.4 Å². The molecular weight excluding hydrogens is 348 g/mol. The maximum absolute atomic E-state index is 13.0. The lowest BCUT2D eigenvalue weighted by Gasteiger charge is -2.36.